The monoisotopic (exact) mass is 305 g/mol. The van der Waals surface area contributed by atoms with E-state index in [2.05, 4.69) is 10.3 Å². The summed E-state index contributed by atoms with van der Waals surface area (Å²) in [4.78, 5) is 16.7. The van der Waals surface area contributed by atoms with E-state index in [1.165, 1.54) is 13.3 Å². The number of nitrogens with two attached hydrogens (primary N) is 1. The molecule has 1 aromatic heterocycles. The van der Waals surface area contributed by atoms with Gasteiger partial charge in [-0.3, -0.25) is 4.79 Å². The van der Waals surface area contributed by atoms with Crippen LogP contribution in [0, 0.1) is 11.6 Å². The lowest BCUT2D eigenvalue weighted by Crippen LogP contribution is -2.19. The maximum atomic E-state index is 14.1. The lowest BCUT2D eigenvalue weighted by molar-refractivity contribution is 0.0957. The van der Waals surface area contributed by atoms with Gasteiger partial charge in [0.15, 0.2) is 11.6 Å². The molecular weight excluding hydrogens is 292 g/mol. The maximum absolute atomic E-state index is 14.1. The Balaban J connectivity index is 2.09. The van der Waals surface area contributed by atoms with Gasteiger partial charge in [-0.25, -0.2) is 13.8 Å². The molecule has 0 saturated carbocycles. The van der Waals surface area contributed by atoms with Gasteiger partial charge in [0.25, 0.3) is 0 Å². The maximum Gasteiger partial charge on any atom is 0.178 e. The average Bonchev–Trinajstić information content (AvgIpc) is 2.95. The van der Waals surface area contributed by atoms with E-state index in [0.29, 0.717) is 17.1 Å². The van der Waals surface area contributed by atoms with Crippen LogP contribution in [0.1, 0.15) is 21.8 Å². The third kappa shape index (κ3) is 2.05. The molecule has 3 N–H and O–H groups in total. The summed E-state index contributed by atoms with van der Waals surface area (Å²) in [5.74, 6) is -2.54. The second-order valence-electron chi connectivity index (χ2n) is 4.90. The fourth-order valence-electron chi connectivity index (χ4n) is 2.60. The largest absolute Gasteiger partial charge is 0.496 e. The van der Waals surface area contributed by atoms with E-state index < -0.39 is 28.9 Å². The van der Waals surface area contributed by atoms with E-state index in [0.717, 1.165) is 12.1 Å². The summed E-state index contributed by atoms with van der Waals surface area (Å²) in [6, 6.07) is 3.66. The molecule has 1 aliphatic heterocycles. The number of pyridine rings is 1. The molecule has 0 bridgehead atoms. The van der Waals surface area contributed by atoms with Crippen LogP contribution < -0.4 is 15.8 Å². The summed E-state index contributed by atoms with van der Waals surface area (Å²) >= 11 is 0. The molecule has 114 valence electrons. The van der Waals surface area contributed by atoms with E-state index in [4.69, 9.17) is 10.5 Å². The Bertz CT molecular complexity index is 765. The highest BCUT2D eigenvalue weighted by Gasteiger charge is 2.36. The van der Waals surface area contributed by atoms with Gasteiger partial charge in [-0.1, -0.05) is 0 Å². The Morgan fingerprint density at radius 1 is 1.41 bits per heavy atom. The van der Waals surface area contributed by atoms with Crippen LogP contribution in [0.2, 0.25) is 0 Å². The van der Waals surface area contributed by atoms with Gasteiger partial charge in [-0.2, -0.15) is 0 Å². The van der Waals surface area contributed by atoms with Crippen LogP contribution in [0.3, 0.4) is 0 Å². The number of methoxy groups -OCH3 is 1. The van der Waals surface area contributed by atoms with Crippen molar-refractivity contribution in [2.24, 2.45) is 0 Å². The van der Waals surface area contributed by atoms with Gasteiger partial charge in [0, 0.05) is 18.3 Å². The number of Topliss-reactive ketones (excluding diaryl/α,β-unsaturated/α-hetero) is 1. The number of ketones is 1. The number of hydrogen-bond acceptors (Lipinski definition) is 5. The van der Waals surface area contributed by atoms with Gasteiger partial charge < -0.3 is 15.8 Å². The molecule has 0 aliphatic carbocycles. The van der Waals surface area contributed by atoms with E-state index in [1.54, 1.807) is 6.07 Å². The van der Waals surface area contributed by atoms with Gasteiger partial charge in [0.05, 0.1) is 24.3 Å². The molecule has 0 amide bonds. The predicted molar refractivity (Wildman–Crippen MR) is 77.1 cm³/mol. The van der Waals surface area contributed by atoms with Crippen LogP contribution in [0.15, 0.2) is 24.4 Å². The number of ether oxygens (including phenoxy) is 1. The molecule has 1 unspecified atom stereocenters. The number of aromatic nitrogens is 1. The van der Waals surface area contributed by atoms with Crippen molar-refractivity contribution in [3.05, 3.63) is 47.2 Å². The van der Waals surface area contributed by atoms with Crippen LogP contribution in [-0.4, -0.2) is 24.4 Å². The lowest BCUT2D eigenvalue weighted by atomic mass is 9.91. The minimum atomic E-state index is -1.04. The van der Waals surface area contributed by atoms with Crippen LogP contribution in [0.5, 0.6) is 5.75 Å². The van der Waals surface area contributed by atoms with E-state index in [-0.39, 0.29) is 12.2 Å². The molecule has 22 heavy (non-hydrogen) atoms. The average molecular weight is 305 g/mol. The van der Waals surface area contributed by atoms with E-state index >= 15 is 0 Å². The fraction of sp³-hybridized carbons (Fsp3) is 0.200. The first-order chi connectivity index (χ1) is 10.5. The van der Waals surface area contributed by atoms with Crippen molar-refractivity contribution in [3.8, 4) is 5.75 Å². The van der Waals surface area contributed by atoms with E-state index in [1.807, 2.05) is 0 Å². The lowest BCUT2D eigenvalue weighted by Gasteiger charge is -2.14. The van der Waals surface area contributed by atoms with Crippen LogP contribution in [-0.2, 0) is 0 Å². The minimum absolute atomic E-state index is 0.190. The summed E-state index contributed by atoms with van der Waals surface area (Å²) in [7, 11) is 1.46. The van der Waals surface area contributed by atoms with Crippen molar-refractivity contribution in [2.75, 3.05) is 24.7 Å². The summed E-state index contributed by atoms with van der Waals surface area (Å²) < 4.78 is 33.2. The molecule has 0 spiro atoms. The van der Waals surface area contributed by atoms with Crippen molar-refractivity contribution in [1.82, 2.24) is 4.98 Å². The normalized spacial score (nSPS) is 16.0. The van der Waals surface area contributed by atoms with Crippen LogP contribution in [0.25, 0.3) is 0 Å². The number of fused-ring (bicyclic) bond motifs is 1. The highest BCUT2D eigenvalue weighted by Crippen LogP contribution is 2.39. The van der Waals surface area contributed by atoms with Crippen LogP contribution in [0.4, 0.5) is 20.3 Å². The molecule has 3 rings (SSSR count). The number of nitrogen functional groups attached to an aromatic ring is 1. The zero-order valence-electron chi connectivity index (χ0n) is 11.7. The summed E-state index contributed by atoms with van der Waals surface area (Å²) in [6.07, 6.45) is 1.53. The molecule has 1 aromatic carbocycles. The molecule has 2 aromatic rings. The van der Waals surface area contributed by atoms with Gasteiger partial charge in [0.1, 0.15) is 17.4 Å². The Morgan fingerprint density at radius 2 is 2.18 bits per heavy atom. The third-order valence-corrected chi connectivity index (χ3v) is 3.68. The Hall–Kier alpha value is -2.70. The van der Waals surface area contributed by atoms with Crippen molar-refractivity contribution >= 4 is 17.3 Å². The number of nitrogens with zero attached hydrogens (tertiary/aromatic N) is 1. The summed E-state index contributed by atoms with van der Waals surface area (Å²) in [6.45, 7) is 0.190. The molecule has 0 fully saturated rings. The number of anilines is 2. The smallest absolute Gasteiger partial charge is 0.178 e. The topological polar surface area (TPSA) is 77.2 Å². The molecule has 1 aliphatic rings. The second-order valence-corrected chi connectivity index (χ2v) is 4.90. The van der Waals surface area contributed by atoms with Crippen molar-refractivity contribution in [1.29, 1.82) is 0 Å². The first kappa shape index (κ1) is 14.2. The number of rotatable bonds is 3. The Kier molecular flexibility index (Phi) is 3.40. The standard InChI is InChI=1S/C15H13F2N3O2/c1-22-10-4-5-19-15-11(10)7(6-20-15)14(21)12-8(16)2-3-9(18)13(12)17/h2-5,7H,6,18H2,1H3,(H,19,20). The first-order valence-corrected chi connectivity index (χ1v) is 6.59. The number of carbonyl (C=O) groups is 1. The number of benzene rings is 1. The zero-order valence-corrected chi connectivity index (χ0v) is 11.7. The number of carbonyl (C=O) groups excluding carboxylic acids is 1. The quantitative estimate of drug-likeness (QED) is 0.672. The molecule has 0 radical (unpaired) electrons. The van der Waals surface area contributed by atoms with Crippen LogP contribution >= 0.6 is 0 Å². The highest BCUT2D eigenvalue weighted by molar-refractivity contribution is 6.04. The van der Waals surface area contributed by atoms with Gasteiger partial charge >= 0.3 is 0 Å². The molecule has 5 nitrogen and oxygen atoms in total. The molecular formula is C15H13F2N3O2. The van der Waals surface area contributed by atoms with Crippen molar-refractivity contribution in [2.45, 2.75) is 5.92 Å². The van der Waals surface area contributed by atoms with Gasteiger partial charge in [-0.05, 0) is 18.2 Å². The predicted octanol–water partition coefficient (Wildman–Crippen LogP) is 2.34. The van der Waals surface area contributed by atoms with Gasteiger partial charge in [-0.15, -0.1) is 0 Å². The fourth-order valence-corrected chi connectivity index (χ4v) is 2.60. The molecule has 1 atom stereocenters. The third-order valence-electron chi connectivity index (χ3n) is 3.68. The second kappa shape index (κ2) is 5.25. The Labute approximate surface area is 125 Å². The first-order valence-electron chi connectivity index (χ1n) is 6.59. The molecule has 2 heterocycles. The van der Waals surface area contributed by atoms with Gasteiger partial charge in [0.2, 0.25) is 0 Å². The number of hydrogen-bond donors (Lipinski definition) is 2. The number of nitrogens with one attached hydrogen (secondary N) is 1. The van der Waals surface area contributed by atoms with Crippen molar-refractivity contribution in [3.63, 3.8) is 0 Å². The summed E-state index contributed by atoms with van der Waals surface area (Å²) in [5, 5.41) is 2.94. The van der Waals surface area contributed by atoms with E-state index in [9.17, 15) is 13.6 Å². The number of halogens is 2. The molecule has 7 heteroatoms. The SMILES string of the molecule is COc1ccnc2c1C(C(=O)c1c(F)ccc(N)c1F)CN2. The molecule has 0 saturated heterocycles. The van der Waals surface area contributed by atoms with Crippen molar-refractivity contribution < 1.29 is 18.3 Å². The minimum Gasteiger partial charge on any atom is -0.496 e. The zero-order chi connectivity index (χ0) is 15.9. The highest BCUT2D eigenvalue weighted by atomic mass is 19.1. The Morgan fingerprint density at radius 3 is 2.91 bits per heavy atom. The summed E-state index contributed by atoms with van der Waals surface area (Å²) in [5.41, 5.74) is 5.02.